The molecule has 0 saturated carbocycles. The molecule has 0 heterocycles. The smallest absolute Gasteiger partial charge is 0.119 e. The fraction of sp³-hybridized carbons (Fsp3) is 0.333. The maximum Gasteiger partial charge on any atom is 0.119 e. The Kier molecular flexibility index (Phi) is 6.27. The molecule has 0 saturated heterocycles. The van der Waals surface area contributed by atoms with Crippen LogP contribution >= 0.6 is 15.9 Å². The quantitative estimate of drug-likeness (QED) is 0.711. The fourth-order valence-electron chi connectivity index (χ4n) is 2.22. The van der Waals surface area contributed by atoms with Crippen LogP contribution in [-0.2, 0) is 17.8 Å². The first-order chi connectivity index (χ1) is 10.2. The van der Waals surface area contributed by atoms with Gasteiger partial charge in [0.1, 0.15) is 5.75 Å². The molecule has 1 unspecified atom stereocenters. The molecule has 2 nitrogen and oxygen atoms in total. The maximum atomic E-state index is 5.80. The molecule has 0 aliphatic heterocycles. The second-order valence-electron chi connectivity index (χ2n) is 5.27. The van der Waals surface area contributed by atoms with Crippen LogP contribution in [0.4, 0.5) is 0 Å². The Balaban J connectivity index is 1.83. The van der Waals surface area contributed by atoms with E-state index in [1.165, 1.54) is 11.1 Å². The SMILES string of the molecule is COc1ccc(Br)c(CC(C)COCc2ccccc2)c1. The van der Waals surface area contributed by atoms with Gasteiger partial charge in [0.05, 0.1) is 13.7 Å². The first-order valence-corrected chi connectivity index (χ1v) is 7.92. The van der Waals surface area contributed by atoms with Crippen molar-refractivity contribution < 1.29 is 9.47 Å². The zero-order valence-electron chi connectivity index (χ0n) is 12.5. The molecule has 0 N–H and O–H groups in total. The van der Waals surface area contributed by atoms with Gasteiger partial charge in [0.15, 0.2) is 0 Å². The summed E-state index contributed by atoms with van der Waals surface area (Å²) in [7, 11) is 1.69. The highest BCUT2D eigenvalue weighted by Crippen LogP contribution is 2.25. The molecule has 112 valence electrons. The van der Waals surface area contributed by atoms with Crippen molar-refractivity contribution in [2.75, 3.05) is 13.7 Å². The van der Waals surface area contributed by atoms with E-state index < -0.39 is 0 Å². The molecule has 1 atom stereocenters. The van der Waals surface area contributed by atoms with Crippen LogP contribution in [0.1, 0.15) is 18.1 Å². The van der Waals surface area contributed by atoms with E-state index in [1.807, 2.05) is 30.3 Å². The Morgan fingerprint density at radius 2 is 1.86 bits per heavy atom. The zero-order valence-corrected chi connectivity index (χ0v) is 14.1. The minimum atomic E-state index is 0.456. The topological polar surface area (TPSA) is 18.5 Å². The molecule has 2 aromatic rings. The van der Waals surface area contributed by atoms with Crippen molar-refractivity contribution in [3.8, 4) is 5.75 Å². The molecular weight excluding hydrogens is 328 g/mol. The summed E-state index contributed by atoms with van der Waals surface area (Å²) in [6, 6.07) is 16.3. The van der Waals surface area contributed by atoms with Gasteiger partial charge < -0.3 is 9.47 Å². The van der Waals surface area contributed by atoms with Crippen molar-refractivity contribution in [2.45, 2.75) is 20.0 Å². The monoisotopic (exact) mass is 348 g/mol. The number of benzene rings is 2. The van der Waals surface area contributed by atoms with Crippen LogP contribution in [-0.4, -0.2) is 13.7 Å². The molecule has 0 aromatic heterocycles. The van der Waals surface area contributed by atoms with Crippen LogP contribution in [0.2, 0.25) is 0 Å². The molecule has 0 aliphatic carbocycles. The van der Waals surface area contributed by atoms with E-state index in [9.17, 15) is 0 Å². The molecule has 0 spiro atoms. The van der Waals surface area contributed by atoms with Crippen LogP contribution in [0.3, 0.4) is 0 Å². The lowest BCUT2D eigenvalue weighted by molar-refractivity contribution is 0.0921. The third-order valence-corrected chi connectivity index (χ3v) is 4.11. The van der Waals surface area contributed by atoms with Crippen molar-refractivity contribution >= 4 is 15.9 Å². The molecule has 21 heavy (non-hydrogen) atoms. The Labute approximate surface area is 135 Å². The van der Waals surface area contributed by atoms with E-state index in [-0.39, 0.29) is 0 Å². The largest absolute Gasteiger partial charge is 0.497 e. The number of methoxy groups -OCH3 is 1. The maximum absolute atomic E-state index is 5.80. The third-order valence-electron chi connectivity index (χ3n) is 3.34. The number of hydrogen-bond donors (Lipinski definition) is 0. The predicted molar refractivity (Wildman–Crippen MR) is 89.7 cm³/mol. The van der Waals surface area contributed by atoms with Crippen LogP contribution in [0.5, 0.6) is 5.75 Å². The van der Waals surface area contributed by atoms with Crippen LogP contribution < -0.4 is 4.74 Å². The first-order valence-electron chi connectivity index (χ1n) is 7.13. The molecule has 0 bridgehead atoms. The molecule has 3 heteroatoms. The zero-order chi connectivity index (χ0) is 15.1. The lowest BCUT2D eigenvalue weighted by Crippen LogP contribution is -2.09. The Morgan fingerprint density at radius 3 is 2.57 bits per heavy atom. The van der Waals surface area contributed by atoms with E-state index in [4.69, 9.17) is 9.47 Å². The minimum Gasteiger partial charge on any atom is -0.497 e. The highest BCUT2D eigenvalue weighted by atomic mass is 79.9. The van der Waals surface area contributed by atoms with E-state index >= 15 is 0 Å². The van der Waals surface area contributed by atoms with E-state index in [2.05, 4.69) is 41.1 Å². The van der Waals surface area contributed by atoms with Crippen molar-refractivity contribution in [1.29, 1.82) is 0 Å². The van der Waals surface area contributed by atoms with Gasteiger partial charge in [0.25, 0.3) is 0 Å². The second-order valence-corrected chi connectivity index (χ2v) is 6.12. The van der Waals surface area contributed by atoms with Crippen molar-refractivity contribution in [3.05, 3.63) is 64.1 Å². The van der Waals surface area contributed by atoms with Gasteiger partial charge in [0.2, 0.25) is 0 Å². The summed E-state index contributed by atoms with van der Waals surface area (Å²) in [5, 5.41) is 0. The molecular formula is C18H21BrO2. The fourth-order valence-corrected chi connectivity index (χ4v) is 2.63. The van der Waals surface area contributed by atoms with Crippen LogP contribution in [0, 0.1) is 5.92 Å². The molecule has 2 rings (SSSR count). The molecule has 0 aliphatic rings. The van der Waals surface area contributed by atoms with Gasteiger partial charge in [-0.1, -0.05) is 53.2 Å². The number of halogens is 1. The van der Waals surface area contributed by atoms with Gasteiger partial charge in [-0.2, -0.15) is 0 Å². The summed E-state index contributed by atoms with van der Waals surface area (Å²) in [5.74, 6) is 1.35. The summed E-state index contributed by atoms with van der Waals surface area (Å²) >= 11 is 3.60. The van der Waals surface area contributed by atoms with Gasteiger partial charge in [0, 0.05) is 11.1 Å². The lowest BCUT2D eigenvalue weighted by atomic mass is 10.0. The van der Waals surface area contributed by atoms with Gasteiger partial charge in [-0.15, -0.1) is 0 Å². The van der Waals surface area contributed by atoms with Crippen molar-refractivity contribution in [3.63, 3.8) is 0 Å². The molecule has 0 radical (unpaired) electrons. The summed E-state index contributed by atoms with van der Waals surface area (Å²) in [6.07, 6.45) is 0.965. The number of ether oxygens (including phenoxy) is 2. The van der Waals surface area contributed by atoms with E-state index in [0.29, 0.717) is 12.5 Å². The predicted octanol–water partition coefficient (Wildman–Crippen LogP) is 4.85. The second kappa shape index (κ2) is 8.20. The highest BCUT2D eigenvalue weighted by molar-refractivity contribution is 9.10. The van der Waals surface area contributed by atoms with Crippen LogP contribution in [0.15, 0.2) is 53.0 Å². The van der Waals surface area contributed by atoms with Crippen molar-refractivity contribution in [2.24, 2.45) is 5.92 Å². The van der Waals surface area contributed by atoms with Gasteiger partial charge in [-0.3, -0.25) is 0 Å². The average molecular weight is 349 g/mol. The van der Waals surface area contributed by atoms with Gasteiger partial charge >= 0.3 is 0 Å². The molecule has 0 fully saturated rings. The summed E-state index contributed by atoms with van der Waals surface area (Å²) in [5.41, 5.74) is 2.47. The average Bonchev–Trinajstić information content (AvgIpc) is 2.50. The standard InChI is InChI=1S/C18H21BrO2/c1-14(12-21-13-15-6-4-3-5-7-15)10-16-11-17(20-2)8-9-18(16)19/h3-9,11,14H,10,12-13H2,1-2H3. The number of rotatable bonds is 7. The Morgan fingerprint density at radius 1 is 1.10 bits per heavy atom. The third kappa shape index (κ3) is 5.18. The summed E-state index contributed by atoms with van der Waals surface area (Å²) < 4.78 is 12.2. The lowest BCUT2D eigenvalue weighted by Gasteiger charge is -2.14. The molecule has 0 amide bonds. The minimum absolute atomic E-state index is 0.456. The van der Waals surface area contributed by atoms with Gasteiger partial charge in [-0.05, 0) is 41.7 Å². The normalized spacial score (nSPS) is 12.1. The number of hydrogen-bond acceptors (Lipinski definition) is 2. The first kappa shape index (κ1) is 16.1. The summed E-state index contributed by atoms with van der Waals surface area (Å²) in [4.78, 5) is 0. The summed E-state index contributed by atoms with van der Waals surface area (Å²) in [6.45, 7) is 3.62. The highest BCUT2D eigenvalue weighted by Gasteiger charge is 2.08. The van der Waals surface area contributed by atoms with E-state index in [1.54, 1.807) is 7.11 Å². The van der Waals surface area contributed by atoms with E-state index in [0.717, 1.165) is 23.2 Å². The Hall–Kier alpha value is -1.32. The van der Waals surface area contributed by atoms with Gasteiger partial charge in [-0.25, -0.2) is 0 Å². The van der Waals surface area contributed by atoms with Crippen molar-refractivity contribution in [1.82, 2.24) is 0 Å². The van der Waals surface area contributed by atoms with Crippen LogP contribution in [0.25, 0.3) is 0 Å². The molecule has 2 aromatic carbocycles. The Bertz CT molecular complexity index is 554.